The zero-order valence-electron chi connectivity index (χ0n) is 16.6. The number of oxazole rings is 1. The lowest BCUT2D eigenvalue weighted by molar-refractivity contribution is 0.414. The van der Waals surface area contributed by atoms with Crippen LogP contribution >= 0.6 is 21.4 Å². The molecule has 6 nitrogen and oxygen atoms in total. The summed E-state index contributed by atoms with van der Waals surface area (Å²) >= 11 is 1.81. The maximum absolute atomic E-state index is 5.56. The van der Waals surface area contributed by atoms with Crippen LogP contribution in [0.15, 0.2) is 85.2 Å². The molecule has 0 fully saturated rings. The first-order valence-corrected chi connectivity index (χ1v) is 12.8. The van der Waals surface area contributed by atoms with E-state index in [1.54, 1.807) is 30.1 Å². The number of hydrogen-bond acceptors (Lipinski definition) is 6. The highest BCUT2D eigenvalue weighted by molar-refractivity contribution is 8.47. The Hall–Kier alpha value is -2.84. The van der Waals surface area contributed by atoms with Gasteiger partial charge in [0.15, 0.2) is 5.89 Å². The van der Waals surface area contributed by atoms with Crippen LogP contribution in [0.2, 0.25) is 0 Å². The van der Waals surface area contributed by atoms with E-state index in [4.69, 9.17) is 13.9 Å². The molecule has 4 aromatic heterocycles. The highest BCUT2D eigenvalue weighted by Crippen LogP contribution is 2.63. The molecule has 5 heterocycles. The molecule has 0 aromatic carbocycles. The van der Waals surface area contributed by atoms with Crippen LogP contribution in [0.1, 0.15) is 22.2 Å². The van der Waals surface area contributed by atoms with Crippen molar-refractivity contribution in [1.82, 2.24) is 15.1 Å². The van der Waals surface area contributed by atoms with Crippen LogP contribution in [-0.4, -0.2) is 26.4 Å². The van der Waals surface area contributed by atoms with Gasteiger partial charge in [0, 0.05) is 46.3 Å². The smallest absolute Gasteiger partial charge is 0.199 e. The van der Waals surface area contributed by atoms with Crippen molar-refractivity contribution in [2.45, 2.75) is 25.0 Å². The monoisotopic (exact) mass is 438 g/mol. The molecule has 0 bridgehead atoms. The Morgan fingerprint density at radius 1 is 1.10 bits per heavy atom. The average Bonchev–Trinajstić information content (AvgIpc) is 3.55. The Morgan fingerprint density at radius 2 is 2.07 bits per heavy atom. The summed E-state index contributed by atoms with van der Waals surface area (Å²) in [5.74, 6) is 1.67. The highest BCUT2D eigenvalue weighted by atomic mass is 32.3. The van der Waals surface area contributed by atoms with Crippen LogP contribution in [0.3, 0.4) is 0 Å². The molecule has 0 saturated carbocycles. The van der Waals surface area contributed by atoms with Crippen LogP contribution in [0, 0.1) is 0 Å². The standard InChI is InChI=1S/C22H22N4O2S2/c1-30(15-18-5-3-11-29-18)20(12-16-4-2-7-23-16)19(14-21-24-8-10-27-21)25-22(30)13-17-6-9-28-26-17/h2-11,23H,12-15H2,1H3. The molecule has 0 aliphatic carbocycles. The second-order valence-electron chi connectivity index (χ2n) is 7.33. The van der Waals surface area contributed by atoms with Crippen LogP contribution < -0.4 is 0 Å². The Labute approximate surface area is 180 Å². The Kier molecular flexibility index (Phi) is 5.18. The van der Waals surface area contributed by atoms with E-state index in [2.05, 4.69) is 45.0 Å². The quantitative estimate of drug-likeness (QED) is 0.403. The summed E-state index contributed by atoms with van der Waals surface area (Å²) in [6.07, 6.45) is 11.4. The van der Waals surface area contributed by atoms with Crippen molar-refractivity contribution in [3.8, 4) is 0 Å². The third kappa shape index (κ3) is 3.80. The first kappa shape index (κ1) is 19.1. The molecule has 1 N–H and O–H groups in total. The molecule has 0 saturated heterocycles. The predicted octanol–water partition coefficient (Wildman–Crippen LogP) is 5.34. The number of thiophene rings is 1. The second-order valence-corrected chi connectivity index (χ2v) is 11.8. The molecule has 1 atom stereocenters. The number of allylic oxidation sites excluding steroid dienone is 2. The molecule has 0 amide bonds. The largest absolute Gasteiger partial charge is 0.449 e. The van der Waals surface area contributed by atoms with Crippen molar-refractivity contribution in [3.05, 3.63) is 93.4 Å². The zero-order chi connectivity index (χ0) is 20.4. The van der Waals surface area contributed by atoms with Gasteiger partial charge in [-0.15, -0.1) is 11.3 Å². The van der Waals surface area contributed by atoms with Crippen molar-refractivity contribution >= 4 is 26.4 Å². The maximum Gasteiger partial charge on any atom is 0.199 e. The molecule has 8 heteroatoms. The van der Waals surface area contributed by atoms with Gasteiger partial charge in [0.2, 0.25) is 0 Å². The minimum Gasteiger partial charge on any atom is -0.449 e. The number of aliphatic imine (C=N–C) groups is 1. The van der Waals surface area contributed by atoms with Gasteiger partial charge < -0.3 is 13.9 Å². The van der Waals surface area contributed by atoms with Crippen molar-refractivity contribution < 1.29 is 8.94 Å². The Balaban J connectivity index is 1.57. The number of aromatic nitrogens is 3. The molecular formula is C22H22N4O2S2. The molecule has 1 aliphatic rings. The number of rotatable bonds is 8. The van der Waals surface area contributed by atoms with Gasteiger partial charge >= 0.3 is 0 Å². The van der Waals surface area contributed by atoms with Gasteiger partial charge in [0.05, 0.1) is 29.1 Å². The summed E-state index contributed by atoms with van der Waals surface area (Å²) in [7, 11) is -1.34. The molecule has 5 rings (SSSR count). The summed E-state index contributed by atoms with van der Waals surface area (Å²) in [5, 5.41) is 7.48. The van der Waals surface area contributed by atoms with E-state index in [-0.39, 0.29) is 0 Å². The first-order valence-electron chi connectivity index (χ1n) is 9.69. The van der Waals surface area contributed by atoms with Gasteiger partial charge in [-0.05, 0) is 29.8 Å². The summed E-state index contributed by atoms with van der Waals surface area (Å²) < 4.78 is 10.6. The summed E-state index contributed by atoms with van der Waals surface area (Å²) in [5.41, 5.74) is 3.17. The predicted molar refractivity (Wildman–Crippen MR) is 121 cm³/mol. The molecule has 0 spiro atoms. The number of hydrogen-bond donors (Lipinski definition) is 1. The number of nitrogens with one attached hydrogen (secondary N) is 1. The lowest BCUT2D eigenvalue weighted by Gasteiger charge is -2.36. The normalized spacial score (nSPS) is 21.0. The number of aromatic amines is 1. The zero-order valence-corrected chi connectivity index (χ0v) is 18.2. The second kappa shape index (κ2) is 8.12. The fourth-order valence-electron chi connectivity index (χ4n) is 3.78. The van der Waals surface area contributed by atoms with E-state index in [0.29, 0.717) is 18.7 Å². The molecule has 1 unspecified atom stereocenters. The van der Waals surface area contributed by atoms with Gasteiger partial charge in [0.25, 0.3) is 0 Å². The van der Waals surface area contributed by atoms with Crippen molar-refractivity contribution in [1.29, 1.82) is 0 Å². The number of H-pyrrole nitrogens is 1. The van der Waals surface area contributed by atoms with E-state index in [9.17, 15) is 0 Å². The van der Waals surface area contributed by atoms with E-state index < -0.39 is 10.0 Å². The van der Waals surface area contributed by atoms with Crippen molar-refractivity contribution in [2.75, 3.05) is 6.26 Å². The van der Waals surface area contributed by atoms with Crippen molar-refractivity contribution in [2.24, 2.45) is 4.99 Å². The average molecular weight is 439 g/mol. The summed E-state index contributed by atoms with van der Waals surface area (Å²) in [6.45, 7) is 0. The van der Waals surface area contributed by atoms with Crippen LogP contribution in [0.25, 0.3) is 0 Å². The lowest BCUT2D eigenvalue weighted by Crippen LogP contribution is -2.16. The maximum atomic E-state index is 5.56. The fourth-order valence-corrected chi connectivity index (χ4v) is 8.43. The number of nitrogens with zero attached hydrogens (tertiary/aromatic N) is 3. The van der Waals surface area contributed by atoms with Crippen LogP contribution in [0.5, 0.6) is 0 Å². The van der Waals surface area contributed by atoms with E-state index in [1.165, 1.54) is 20.5 Å². The Bertz CT molecular complexity index is 1140. The third-order valence-corrected chi connectivity index (χ3v) is 9.99. The minimum atomic E-state index is -1.34. The summed E-state index contributed by atoms with van der Waals surface area (Å²) in [6, 6.07) is 10.4. The molecular weight excluding hydrogens is 416 g/mol. The SMILES string of the molecule is CS1(Cc2cccs2)C(Cc2ccon2)=NC(Cc2ncco2)=C1Cc1ccc[nH]1. The van der Waals surface area contributed by atoms with Crippen molar-refractivity contribution in [3.63, 3.8) is 0 Å². The lowest BCUT2D eigenvalue weighted by atomic mass is 10.2. The Morgan fingerprint density at radius 3 is 2.77 bits per heavy atom. The minimum absolute atomic E-state index is 0.596. The fraction of sp³-hybridized carbons (Fsp3) is 0.227. The van der Waals surface area contributed by atoms with Gasteiger partial charge in [0.1, 0.15) is 12.5 Å². The molecule has 30 heavy (non-hydrogen) atoms. The third-order valence-electron chi connectivity index (χ3n) is 5.30. The van der Waals surface area contributed by atoms with Gasteiger partial charge in [-0.1, -0.05) is 11.2 Å². The highest BCUT2D eigenvalue weighted by Gasteiger charge is 2.38. The molecule has 4 aromatic rings. The van der Waals surface area contributed by atoms with Gasteiger partial charge in [-0.2, -0.15) is 10.0 Å². The molecule has 0 radical (unpaired) electrons. The van der Waals surface area contributed by atoms with Gasteiger partial charge in [-0.3, -0.25) is 4.99 Å². The van der Waals surface area contributed by atoms with E-state index in [0.717, 1.165) is 23.6 Å². The first-order chi connectivity index (χ1) is 14.7. The molecule has 154 valence electrons. The topological polar surface area (TPSA) is 80.2 Å². The van der Waals surface area contributed by atoms with E-state index in [1.807, 2.05) is 18.3 Å². The van der Waals surface area contributed by atoms with Crippen LogP contribution in [-0.2, 0) is 25.0 Å². The van der Waals surface area contributed by atoms with Crippen LogP contribution in [0.4, 0.5) is 0 Å². The molecule has 1 aliphatic heterocycles. The van der Waals surface area contributed by atoms with Gasteiger partial charge in [-0.25, -0.2) is 4.98 Å². The summed E-state index contributed by atoms with van der Waals surface area (Å²) in [4.78, 5) is 15.6. The van der Waals surface area contributed by atoms with E-state index >= 15 is 0 Å².